The van der Waals surface area contributed by atoms with Crippen LogP contribution < -0.4 is 20.9 Å². The number of carbonyl (C=O) groups is 2. The smallest absolute Gasteiger partial charge is 0.326 e. The molecule has 160 valence electrons. The van der Waals surface area contributed by atoms with E-state index in [4.69, 9.17) is 0 Å². The fraction of sp³-hybridized carbons (Fsp3) is 0.130. The van der Waals surface area contributed by atoms with Crippen LogP contribution >= 0.6 is 0 Å². The van der Waals surface area contributed by atoms with Crippen LogP contribution in [-0.4, -0.2) is 25.2 Å². The van der Waals surface area contributed by atoms with Gasteiger partial charge in [-0.05, 0) is 42.0 Å². The van der Waals surface area contributed by atoms with Gasteiger partial charge in [-0.25, -0.2) is 18.4 Å². The minimum absolute atomic E-state index is 0.0215. The largest absolute Gasteiger partial charge is 0.336 e. The van der Waals surface area contributed by atoms with Crippen molar-refractivity contribution in [2.24, 2.45) is 0 Å². The quantitative estimate of drug-likeness (QED) is 0.522. The molecule has 3 aromatic carbocycles. The molecule has 0 aliphatic carbocycles. The first-order valence-corrected chi connectivity index (χ1v) is 9.67. The summed E-state index contributed by atoms with van der Waals surface area (Å²) in [5, 5.41) is 7.90. The van der Waals surface area contributed by atoms with Gasteiger partial charge in [0.1, 0.15) is 11.6 Å². The number of hydrogen-bond donors (Lipinski definition) is 3. The van der Waals surface area contributed by atoms with Gasteiger partial charge in [0.15, 0.2) is 0 Å². The van der Waals surface area contributed by atoms with Crippen molar-refractivity contribution in [3.63, 3.8) is 0 Å². The van der Waals surface area contributed by atoms with Gasteiger partial charge >= 0.3 is 12.1 Å². The summed E-state index contributed by atoms with van der Waals surface area (Å²) >= 11 is 0. The summed E-state index contributed by atoms with van der Waals surface area (Å²) in [5.74, 6) is -1.02. The number of nitrogens with one attached hydrogen (secondary N) is 3. The van der Waals surface area contributed by atoms with Crippen LogP contribution in [0.1, 0.15) is 5.56 Å². The van der Waals surface area contributed by atoms with E-state index >= 15 is 0 Å². The molecule has 0 spiro atoms. The van der Waals surface area contributed by atoms with E-state index in [0.717, 1.165) is 5.56 Å². The number of anilines is 2. The minimum atomic E-state index is -0.608. The molecule has 0 aromatic heterocycles. The summed E-state index contributed by atoms with van der Waals surface area (Å²) in [7, 11) is 0. The first-order chi connectivity index (χ1) is 15.0. The molecule has 0 unspecified atom stereocenters. The maximum absolute atomic E-state index is 13.9. The second-order valence-electron chi connectivity index (χ2n) is 6.63. The van der Waals surface area contributed by atoms with Crippen LogP contribution in [0.15, 0.2) is 78.9 Å². The molecule has 8 heteroatoms. The Labute approximate surface area is 178 Å². The fourth-order valence-corrected chi connectivity index (χ4v) is 2.84. The van der Waals surface area contributed by atoms with E-state index in [-0.39, 0.29) is 18.8 Å². The van der Waals surface area contributed by atoms with Gasteiger partial charge in [0.25, 0.3) is 0 Å². The number of nitrogens with zero attached hydrogens (tertiary/aromatic N) is 1. The molecule has 3 rings (SSSR count). The van der Waals surface area contributed by atoms with Gasteiger partial charge in [0.05, 0.1) is 5.69 Å². The Balaban J connectivity index is 1.60. The Bertz CT molecular complexity index is 1010. The molecule has 0 fully saturated rings. The van der Waals surface area contributed by atoms with Crippen LogP contribution in [0.25, 0.3) is 0 Å². The van der Waals surface area contributed by atoms with E-state index in [0.29, 0.717) is 12.2 Å². The zero-order chi connectivity index (χ0) is 22.1. The fourth-order valence-electron chi connectivity index (χ4n) is 2.84. The van der Waals surface area contributed by atoms with Crippen molar-refractivity contribution in [1.29, 1.82) is 0 Å². The molecule has 0 aliphatic rings. The summed E-state index contributed by atoms with van der Waals surface area (Å²) in [5.41, 5.74) is 1.38. The third-order valence-corrected chi connectivity index (χ3v) is 4.42. The van der Waals surface area contributed by atoms with E-state index in [9.17, 15) is 18.4 Å². The second kappa shape index (κ2) is 10.7. The van der Waals surface area contributed by atoms with Crippen LogP contribution in [0, 0.1) is 11.6 Å². The van der Waals surface area contributed by atoms with Gasteiger partial charge in [0, 0.05) is 25.3 Å². The van der Waals surface area contributed by atoms with Crippen LogP contribution in [0.4, 0.5) is 29.7 Å². The number of urea groups is 2. The number of benzene rings is 3. The van der Waals surface area contributed by atoms with E-state index < -0.39 is 23.7 Å². The highest BCUT2D eigenvalue weighted by Crippen LogP contribution is 2.18. The van der Waals surface area contributed by atoms with Crippen molar-refractivity contribution in [3.05, 3.63) is 96.1 Å². The van der Waals surface area contributed by atoms with Crippen molar-refractivity contribution in [3.8, 4) is 0 Å². The first-order valence-electron chi connectivity index (χ1n) is 9.67. The number of rotatable bonds is 7. The van der Waals surface area contributed by atoms with Crippen LogP contribution in [0.3, 0.4) is 0 Å². The Morgan fingerprint density at radius 3 is 2.19 bits per heavy atom. The summed E-state index contributed by atoms with van der Waals surface area (Å²) in [6, 6.07) is 19.5. The summed E-state index contributed by atoms with van der Waals surface area (Å²) in [6.07, 6.45) is 0. The molecule has 3 aromatic rings. The lowest BCUT2D eigenvalue weighted by molar-refractivity contribution is 0.240. The van der Waals surface area contributed by atoms with Crippen molar-refractivity contribution >= 4 is 23.4 Å². The molecular weight excluding hydrogens is 402 g/mol. The third kappa shape index (κ3) is 6.53. The zero-order valence-corrected chi connectivity index (χ0v) is 16.6. The Morgan fingerprint density at radius 2 is 1.48 bits per heavy atom. The SMILES string of the molecule is O=C(NCCN(C(=O)Nc1ccccc1F)c1ccc(F)cc1)NCc1ccccc1. The molecule has 0 aliphatic heterocycles. The Kier molecular flexibility index (Phi) is 7.53. The minimum Gasteiger partial charge on any atom is -0.336 e. The number of carbonyl (C=O) groups excluding carboxylic acids is 2. The molecule has 0 bridgehead atoms. The highest BCUT2D eigenvalue weighted by atomic mass is 19.1. The van der Waals surface area contributed by atoms with Crippen molar-refractivity contribution in [2.75, 3.05) is 23.3 Å². The first kappa shape index (κ1) is 21.8. The molecular formula is C23H22F2N4O2. The van der Waals surface area contributed by atoms with E-state index in [1.54, 1.807) is 6.07 Å². The molecule has 31 heavy (non-hydrogen) atoms. The Hall–Kier alpha value is -3.94. The van der Waals surface area contributed by atoms with Crippen LogP contribution in [-0.2, 0) is 6.54 Å². The normalized spacial score (nSPS) is 10.3. The molecule has 0 atom stereocenters. The van der Waals surface area contributed by atoms with E-state index in [2.05, 4.69) is 16.0 Å². The van der Waals surface area contributed by atoms with Crippen molar-refractivity contribution < 1.29 is 18.4 Å². The molecule has 0 radical (unpaired) electrons. The number of amides is 4. The number of halogens is 2. The lowest BCUT2D eigenvalue weighted by atomic mass is 10.2. The summed E-state index contributed by atoms with van der Waals surface area (Å²) in [4.78, 5) is 26.1. The molecule has 4 amide bonds. The molecule has 0 saturated heterocycles. The van der Waals surface area contributed by atoms with Gasteiger partial charge in [-0.2, -0.15) is 0 Å². The molecule has 0 saturated carbocycles. The van der Waals surface area contributed by atoms with Crippen LogP contribution in [0.2, 0.25) is 0 Å². The van der Waals surface area contributed by atoms with Crippen LogP contribution in [0.5, 0.6) is 0 Å². The third-order valence-electron chi connectivity index (χ3n) is 4.42. The van der Waals surface area contributed by atoms with Crippen molar-refractivity contribution in [1.82, 2.24) is 10.6 Å². The topological polar surface area (TPSA) is 73.5 Å². The predicted molar refractivity (Wildman–Crippen MR) is 116 cm³/mol. The zero-order valence-electron chi connectivity index (χ0n) is 16.6. The number of hydrogen-bond acceptors (Lipinski definition) is 2. The maximum Gasteiger partial charge on any atom is 0.326 e. The van der Waals surface area contributed by atoms with Gasteiger partial charge in [-0.1, -0.05) is 42.5 Å². The Morgan fingerprint density at radius 1 is 0.806 bits per heavy atom. The monoisotopic (exact) mass is 424 g/mol. The summed E-state index contributed by atoms with van der Waals surface area (Å²) < 4.78 is 27.2. The van der Waals surface area contributed by atoms with Gasteiger partial charge < -0.3 is 16.0 Å². The van der Waals surface area contributed by atoms with Crippen molar-refractivity contribution in [2.45, 2.75) is 6.54 Å². The summed E-state index contributed by atoms with van der Waals surface area (Å²) in [6.45, 7) is 0.579. The average molecular weight is 424 g/mol. The lowest BCUT2D eigenvalue weighted by Gasteiger charge is -2.23. The van der Waals surface area contributed by atoms with E-state index in [1.807, 2.05) is 30.3 Å². The average Bonchev–Trinajstić information content (AvgIpc) is 2.78. The van der Waals surface area contributed by atoms with Gasteiger partial charge in [-0.3, -0.25) is 4.90 Å². The molecule has 0 heterocycles. The number of para-hydroxylation sites is 1. The lowest BCUT2D eigenvalue weighted by Crippen LogP contribution is -2.43. The maximum atomic E-state index is 13.9. The second-order valence-corrected chi connectivity index (χ2v) is 6.63. The highest BCUT2D eigenvalue weighted by Gasteiger charge is 2.17. The standard InChI is InChI=1S/C23H22F2N4O2/c24-18-10-12-19(13-11-18)29(23(31)28-21-9-5-4-8-20(21)25)15-14-26-22(30)27-16-17-6-2-1-3-7-17/h1-13H,14-16H2,(H,28,31)(H2,26,27,30). The van der Waals surface area contributed by atoms with Gasteiger partial charge in [-0.15, -0.1) is 0 Å². The van der Waals surface area contributed by atoms with E-state index in [1.165, 1.54) is 47.4 Å². The predicted octanol–water partition coefficient (Wildman–Crippen LogP) is 4.50. The highest BCUT2D eigenvalue weighted by molar-refractivity contribution is 6.01. The molecule has 3 N–H and O–H groups in total. The molecule has 6 nitrogen and oxygen atoms in total. The van der Waals surface area contributed by atoms with Gasteiger partial charge in [0.2, 0.25) is 0 Å².